The van der Waals surface area contributed by atoms with Gasteiger partial charge in [0, 0.05) is 6.42 Å². The zero-order chi connectivity index (χ0) is 43.7. The Bertz CT molecular complexity index is 950. The van der Waals surface area contributed by atoms with Gasteiger partial charge in [0.05, 0.1) is 25.4 Å². The van der Waals surface area contributed by atoms with E-state index < -0.39 is 49.5 Å². The third-order valence-electron chi connectivity index (χ3n) is 12.6. The van der Waals surface area contributed by atoms with Crippen molar-refractivity contribution in [3.8, 4) is 0 Å². The fraction of sp³-hybridized carbons (Fsp3) is 0.941. The Hall–Kier alpha value is -1.07. The molecule has 0 radical (unpaired) electrons. The smallest absolute Gasteiger partial charge is 0.220 e. The van der Waals surface area contributed by atoms with E-state index in [1.807, 2.05) is 6.08 Å². The van der Waals surface area contributed by atoms with Crippen molar-refractivity contribution in [1.82, 2.24) is 5.32 Å². The monoisotopic (exact) mass is 854 g/mol. The van der Waals surface area contributed by atoms with Crippen molar-refractivity contribution in [2.24, 2.45) is 0 Å². The molecule has 2 unspecified atom stereocenters. The van der Waals surface area contributed by atoms with Crippen molar-refractivity contribution < 1.29 is 39.8 Å². The van der Waals surface area contributed by atoms with Crippen LogP contribution >= 0.6 is 0 Å². The maximum atomic E-state index is 13.0. The van der Waals surface area contributed by atoms with E-state index >= 15 is 0 Å². The minimum atomic E-state index is -1.56. The summed E-state index contributed by atoms with van der Waals surface area (Å²) in [5, 5.41) is 54.2. The summed E-state index contributed by atoms with van der Waals surface area (Å²) in [4.78, 5) is 13.0. The number of rotatable bonds is 44. The van der Waals surface area contributed by atoms with Gasteiger partial charge in [-0.2, -0.15) is 0 Å². The Morgan fingerprint density at radius 3 is 1.30 bits per heavy atom. The summed E-state index contributed by atoms with van der Waals surface area (Å²) < 4.78 is 11.2. The highest BCUT2D eigenvalue weighted by atomic mass is 16.7. The first kappa shape index (κ1) is 56.9. The fourth-order valence-corrected chi connectivity index (χ4v) is 8.45. The lowest BCUT2D eigenvalue weighted by Gasteiger charge is -2.40. The molecule has 0 spiro atoms. The number of nitrogens with one attached hydrogen (secondary N) is 1. The predicted molar refractivity (Wildman–Crippen MR) is 249 cm³/mol. The Labute approximate surface area is 369 Å². The Kier molecular flexibility index (Phi) is 39.8. The molecular weight excluding hydrogens is 755 g/mol. The van der Waals surface area contributed by atoms with Crippen LogP contribution in [-0.2, 0) is 14.3 Å². The summed E-state index contributed by atoms with van der Waals surface area (Å²) >= 11 is 0. The minimum absolute atomic E-state index is 0.173. The first-order valence-electron chi connectivity index (χ1n) is 25.9. The molecule has 0 aromatic heterocycles. The van der Waals surface area contributed by atoms with E-state index in [-0.39, 0.29) is 12.5 Å². The van der Waals surface area contributed by atoms with Gasteiger partial charge in [-0.25, -0.2) is 0 Å². The standard InChI is InChI=1S/C51H99NO8/c1-3-5-7-9-11-13-15-17-18-19-20-21-22-23-24-25-26-27-28-29-31-33-35-37-39-41-47(55)52-44(43-59-51-50(58)49(57)48(56)46(42-53)60-51)45(54)40-38-36-34-32-30-16-14-12-10-8-6-4-2/h38,40,44-46,48-51,53-54,56-58H,3-37,39,41-43H2,1-2H3,(H,52,55)/b40-38+/t44-,45+,46+,48-,49?,50?,51+/m0/s1. The van der Waals surface area contributed by atoms with Gasteiger partial charge in [0.1, 0.15) is 24.4 Å². The van der Waals surface area contributed by atoms with Crippen LogP contribution in [0.5, 0.6) is 0 Å². The van der Waals surface area contributed by atoms with Crippen molar-refractivity contribution in [2.45, 2.75) is 294 Å². The summed E-state index contributed by atoms with van der Waals surface area (Å²) in [6, 6.07) is -0.798. The molecule has 9 heteroatoms. The van der Waals surface area contributed by atoms with Gasteiger partial charge in [-0.1, -0.05) is 238 Å². The number of ether oxygens (including phenoxy) is 2. The second-order valence-electron chi connectivity index (χ2n) is 18.3. The Morgan fingerprint density at radius 2 is 0.917 bits per heavy atom. The van der Waals surface area contributed by atoms with E-state index in [4.69, 9.17) is 9.47 Å². The van der Waals surface area contributed by atoms with Crippen molar-refractivity contribution >= 4 is 5.91 Å². The molecule has 0 bridgehead atoms. The molecule has 0 saturated carbocycles. The molecule has 1 saturated heterocycles. The number of aliphatic hydroxyl groups excluding tert-OH is 5. The third-order valence-corrected chi connectivity index (χ3v) is 12.6. The minimum Gasteiger partial charge on any atom is -0.394 e. The largest absolute Gasteiger partial charge is 0.394 e. The number of hydrogen-bond acceptors (Lipinski definition) is 8. The second-order valence-corrected chi connectivity index (χ2v) is 18.3. The van der Waals surface area contributed by atoms with Gasteiger partial charge >= 0.3 is 0 Å². The van der Waals surface area contributed by atoms with Crippen LogP contribution in [0, 0.1) is 0 Å². The average Bonchev–Trinajstić information content (AvgIpc) is 3.25. The zero-order valence-corrected chi connectivity index (χ0v) is 39.2. The maximum Gasteiger partial charge on any atom is 0.220 e. The third kappa shape index (κ3) is 31.7. The lowest BCUT2D eigenvalue weighted by molar-refractivity contribution is -0.302. The molecule has 1 rings (SSSR count). The van der Waals surface area contributed by atoms with Gasteiger partial charge in [0.2, 0.25) is 5.91 Å². The van der Waals surface area contributed by atoms with E-state index in [1.54, 1.807) is 6.08 Å². The summed E-state index contributed by atoms with van der Waals surface area (Å²) in [6.45, 7) is 3.79. The molecule has 356 valence electrons. The lowest BCUT2D eigenvalue weighted by atomic mass is 9.99. The molecule has 1 heterocycles. The predicted octanol–water partition coefficient (Wildman–Crippen LogP) is 11.7. The summed E-state index contributed by atoms with van der Waals surface area (Å²) in [5.41, 5.74) is 0. The number of carbonyl (C=O) groups is 1. The Morgan fingerprint density at radius 1 is 0.550 bits per heavy atom. The van der Waals surface area contributed by atoms with E-state index in [0.717, 1.165) is 38.5 Å². The highest BCUT2D eigenvalue weighted by Gasteiger charge is 2.44. The molecule has 0 aromatic carbocycles. The van der Waals surface area contributed by atoms with Crippen LogP contribution in [0.3, 0.4) is 0 Å². The SMILES string of the molecule is CCCCCCCCCCCC/C=C/[C@@H](O)[C@H](CO[C@@H]1O[C@H](CO)[C@H](O)C(O)C1O)NC(=O)CCCCCCCCCCCCCCCCCCCCCCCCCCC. The lowest BCUT2D eigenvalue weighted by Crippen LogP contribution is -2.60. The summed E-state index contributed by atoms with van der Waals surface area (Å²) in [5.74, 6) is -0.173. The quantitative estimate of drug-likeness (QED) is 0.0262. The van der Waals surface area contributed by atoms with Crippen LogP contribution in [0.2, 0.25) is 0 Å². The van der Waals surface area contributed by atoms with Crippen molar-refractivity contribution in [3.63, 3.8) is 0 Å². The van der Waals surface area contributed by atoms with Gasteiger partial charge in [-0.15, -0.1) is 0 Å². The van der Waals surface area contributed by atoms with E-state index in [1.165, 1.54) is 193 Å². The summed E-state index contributed by atoms with van der Waals surface area (Å²) in [6.07, 6.45) is 42.7. The van der Waals surface area contributed by atoms with Crippen molar-refractivity contribution in [2.75, 3.05) is 13.2 Å². The highest BCUT2D eigenvalue weighted by molar-refractivity contribution is 5.76. The van der Waals surface area contributed by atoms with Gasteiger partial charge in [-0.3, -0.25) is 4.79 Å². The summed E-state index contributed by atoms with van der Waals surface area (Å²) in [7, 11) is 0. The van der Waals surface area contributed by atoms with Crippen LogP contribution in [0.4, 0.5) is 0 Å². The first-order chi connectivity index (χ1) is 29.3. The number of allylic oxidation sites excluding steroid dienone is 1. The van der Waals surface area contributed by atoms with Crippen molar-refractivity contribution in [1.29, 1.82) is 0 Å². The molecule has 60 heavy (non-hydrogen) atoms. The Balaban J connectivity index is 2.20. The molecule has 1 aliphatic heterocycles. The topological polar surface area (TPSA) is 149 Å². The molecule has 9 nitrogen and oxygen atoms in total. The number of unbranched alkanes of at least 4 members (excludes halogenated alkanes) is 34. The van der Waals surface area contributed by atoms with Crippen LogP contribution < -0.4 is 5.32 Å². The zero-order valence-electron chi connectivity index (χ0n) is 39.2. The number of amides is 1. The van der Waals surface area contributed by atoms with E-state index in [9.17, 15) is 30.3 Å². The molecule has 0 aromatic rings. The van der Waals surface area contributed by atoms with E-state index in [2.05, 4.69) is 19.2 Å². The normalized spacial score (nSPS) is 20.6. The number of carbonyl (C=O) groups excluding carboxylic acids is 1. The van der Waals surface area contributed by atoms with E-state index in [0.29, 0.717) is 6.42 Å². The second kappa shape index (κ2) is 41.9. The molecular formula is C51H99NO8. The molecule has 7 atom stereocenters. The van der Waals surface area contributed by atoms with Gasteiger partial charge < -0.3 is 40.3 Å². The van der Waals surface area contributed by atoms with Crippen LogP contribution in [-0.4, -0.2) is 87.5 Å². The van der Waals surface area contributed by atoms with Crippen LogP contribution in [0.1, 0.15) is 251 Å². The maximum absolute atomic E-state index is 13.0. The van der Waals surface area contributed by atoms with Crippen molar-refractivity contribution in [3.05, 3.63) is 12.2 Å². The number of aliphatic hydroxyl groups is 5. The molecule has 1 aliphatic rings. The fourth-order valence-electron chi connectivity index (χ4n) is 8.45. The van der Waals surface area contributed by atoms with Gasteiger partial charge in [-0.05, 0) is 19.3 Å². The molecule has 0 aliphatic carbocycles. The van der Waals surface area contributed by atoms with Gasteiger partial charge in [0.15, 0.2) is 6.29 Å². The highest BCUT2D eigenvalue weighted by Crippen LogP contribution is 2.23. The average molecular weight is 854 g/mol. The molecule has 1 amide bonds. The molecule has 1 fully saturated rings. The van der Waals surface area contributed by atoms with Gasteiger partial charge in [0.25, 0.3) is 0 Å². The van der Waals surface area contributed by atoms with Crippen LogP contribution in [0.15, 0.2) is 12.2 Å². The first-order valence-corrected chi connectivity index (χ1v) is 25.9. The number of hydrogen-bond donors (Lipinski definition) is 6. The molecule has 6 N–H and O–H groups in total. The van der Waals surface area contributed by atoms with Crippen LogP contribution in [0.25, 0.3) is 0 Å².